The van der Waals surface area contributed by atoms with Crippen molar-refractivity contribution in [2.24, 2.45) is 5.73 Å². The van der Waals surface area contributed by atoms with Gasteiger partial charge in [-0.1, -0.05) is 11.6 Å². The first-order valence-corrected chi connectivity index (χ1v) is 6.46. The molecule has 0 saturated carbocycles. The summed E-state index contributed by atoms with van der Waals surface area (Å²) in [5.74, 6) is 0.452. The topological polar surface area (TPSA) is 71.5 Å². The Kier molecular flexibility index (Phi) is 4.32. The molecule has 20 heavy (non-hydrogen) atoms. The van der Waals surface area contributed by atoms with Crippen LogP contribution in [0.15, 0.2) is 34.7 Å². The van der Waals surface area contributed by atoms with Crippen LogP contribution in [0.5, 0.6) is 0 Å². The van der Waals surface area contributed by atoms with E-state index in [1.165, 1.54) is 0 Å². The quantitative estimate of drug-likeness (QED) is 0.909. The third kappa shape index (κ3) is 3.12. The number of hydrogen-bond donors (Lipinski definition) is 2. The van der Waals surface area contributed by atoms with Gasteiger partial charge in [0.15, 0.2) is 5.76 Å². The molecule has 0 fully saturated rings. The van der Waals surface area contributed by atoms with E-state index in [0.717, 1.165) is 5.69 Å². The lowest BCUT2D eigenvalue weighted by molar-refractivity contribution is 0.0995. The number of anilines is 2. The monoisotopic (exact) mass is 293 g/mol. The summed E-state index contributed by atoms with van der Waals surface area (Å²) in [6.07, 6.45) is 0. The number of nitrogens with one attached hydrogen (secondary N) is 1. The standard InChI is InChI=1S/C14H16ClN3O2/c1-18(2)12-5-3-9(7-11(12)15)17-14(19)13-6-4-10(8-16)20-13/h3-7H,8,16H2,1-2H3,(H,17,19). The van der Waals surface area contributed by atoms with Crippen molar-refractivity contribution in [2.75, 3.05) is 24.3 Å². The predicted octanol–water partition coefficient (Wildman–Crippen LogP) is 2.71. The van der Waals surface area contributed by atoms with Crippen LogP contribution < -0.4 is 16.0 Å². The summed E-state index contributed by atoms with van der Waals surface area (Å²) in [5.41, 5.74) is 6.92. The van der Waals surface area contributed by atoms with Gasteiger partial charge in [-0.25, -0.2) is 0 Å². The Labute approximate surface area is 122 Å². The van der Waals surface area contributed by atoms with Crippen LogP contribution in [0.2, 0.25) is 5.02 Å². The van der Waals surface area contributed by atoms with Gasteiger partial charge in [0, 0.05) is 19.8 Å². The van der Waals surface area contributed by atoms with Crippen LogP contribution in [0, 0.1) is 0 Å². The van der Waals surface area contributed by atoms with Crippen molar-refractivity contribution in [2.45, 2.75) is 6.54 Å². The van der Waals surface area contributed by atoms with E-state index in [9.17, 15) is 4.79 Å². The van der Waals surface area contributed by atoms with Crippen molar-refractivity contribution in [1.82, 2.24) is 0 Å². The maximum absolute atomic E-state index is 12.0. The number of carbonyl (C=O) groups excluding carboxylic acids is 1. The lowest BCUT2D eigenvalue weighted by Gasteiger charge is -2.15. The first kappa shape index (κ1) is 14.4. The number of rotatable bonds is 4. The number of benzene rings is 1. The summed E-state index contributed by atoms with van der Waals surface area (Å²) in [6, 6.07) is 8.59. The van der Waals surface area contributed by atoms with Gasteiger partial charge in [0.2, 0.25) is 0 Å². The van der Waals surface area contributed by atoms with E-state index in [4.69, 9.17) is 21.8 Å². The van der Waals surface area contributed by atoms with Crippen LogP contribution >= 0.6 is 11.6 Å². The van der Waals surface area contributed by atoms with Gasteiger partial charge in [0.1, 0.15) is 5.76 Å². The number of carbonyl (C=O) groups is 1. The molecule has 0 spiro atoms. The minimum absolute atomic E-state index is 0.221. The normalized spacial score (nSPS) is 10.4. The molecule has 2 aromatic rings. The molecule has 106 valence electrons. The zero-order valence-electron chi connectivity index (χ0n) is 11.3. The second kappa shape index (κ2) is 5.98. The van der Waals surface area contributed by atoms with Crippen LogP contribution in [0.1, 0.15) is 16.3 Å². The van der Waals surface area contributed by atoms with Crippen molar-refractivity contribution in [3.05, 3.63) is 46.9 Å². The third-order valence-electron chi connectivity index (χ3n) is 2.77. The largest absolute Gasteiger partial charge is 0.455 e. The molecule has 0 saturated heterocycles. The summed E-state index contributed by atoms with van der Waals surface area (Å²) in [5, 5.41) is 3.29. The highest BCUT2D eigenvalue weighted by Crippen LogP contribution is 2.27. The molecule has 0 unspecified atom stereocenters. The smallest absolute Gasteiger partial charge is 0.291 e. The Morgan fingerprint density at radius 3 is 2.65 bits per heavy atom. The molecule has 2 rings (SSSR count). The van der Waals surface area contributed by atoms with Crippen LogP contribution in [0.3, 0.4) is 0 Å². The molecule has 0 radical (unpaired) electrons. The molecule has 3 N–H and O–H groups in total. The van der Waals surface area contributed by atoms with E-state index in [1.54, 1.807) is 24.3 Å². The van der Waals surface area contributed by atoms with Crippen molar-refractivity contribution in [1.29, 1.82) is 0 Å². The number of furan rings is 1. The Balaban J connectivity index is 2.13. The maximum Gasteiger partial charge on any atom is 0.291 e. The Morgan fingerprint density at radius 1 is 1.35 bits per heavy atom. The first-order chi connectivity index (χ1) is 9.51. The summed E-state index contributed by atoms with van der Waals surface area (Å²) >= 11 is 6.15. The molecule has 1 aromatic carbocycles. The van der Waals surface area contributed by atoms with Gasteiger partial charge in [0.25, 0.3) is 5.91 Å². The molecule has 0 aliphatic rings. The summed E-state index contributed by atoms with van der Waals surface area (Å²) in [6.45, 7) is 0.261. The predicted molar refractivity (Wildman–Crippen MR) is 80.3 cm³/mol. The SMILES string of the molecule is CN(C)c1ccc(NC(=O)c2ccc(CN)o2)cc1Cl. The molecule has 1 heterocycles. The van der Waals surface area contributed by atoms with Gasteiger partial charge in [-0.3, -0.25) is 4.79 Å². The zero-order chi connectivity index (χ0) is 14.7. The number of hydrogen-bond acceptors (Lipinski definition) is 4. The number of nitrogens with two attached hydrogens (primary N) is 1. The molecule has 1 amide bonds. The van der Waals surface area contributed by atoms with Crippen LogP contribution in [-0.2, 0) is 6.54 Å². The van der Waals surface area contributed by atoms with E-state index >= 15 is 0 Å². The number of halogens is 1. The fourth-order valence-electron chi connectivity index (χ4n) is 1.75. The highest BCUT2D eigenvalue weighted by atomic mass is 35.5. The fraction of sp³-hybridized carbons (Fsp3) is 0.214. The van der Waals surface area contributed by atoms with Gasteiger partial charge in [-0.2, -0.15) is 0 Å². The molecule has 0 aliphatic heterocycles. The molecule has 5 nitrogen and oxygen atoms in total. The number of amides is 1. The minimum atomic E-state index is -0.335. The van der Waals surface area contributed by atoms with Gasteiger partial charge in [-0.05, 0) is 30.3 Å². The summed E-state index contributed by atoms with van der Waals surface area (Å²) in [7, 11) is 3.80. The lowest BCUT2D eigenvalue weighted by Crippen LogP contribution is -2.12. The molecular formula is C14H16ClN3O2. The van der Waals surface area contributed by atoms with Crippen LogP contribution in [-0.4, -0.2) is 20.0 Å². The maximum atomic E-state index is 12.0. The van der Waals surface area contributed by atoms with Crippen molar-refractivity contribution in [3.8, 4) is 0 Å². The molecule has 6 heteroatoms. The van der Waals surface area contributed by atoms with Crippen LogP contribution in [0.4, 0.5) is 11.4 Å². The van der Waals surface area contributed by atoms with E-state index in [-0.39, 0.29) is 18.2 Å². The average Bonchev–Trinajstić information content (AvgIpc) is 2.87. The average molecular weight is 294 g/mol. The van der Waals surface area contributed by atoms with Gasteiger partial charge >= 0.3 is 0 Å². The Hall–Kier alpha value is -1.98. The second-order valence-electron chi connectivity index (χ2n) is 4.48. The third-order valence-corrected chi connectivity index (χ3v) is 3.08. The lowest BCUT2D eigenvalue weighted by atomic mass is 10.2. The van der Waals surface area contributed by atoms with Crippen LogP contribution in [0.25, 0.3) is 0 Å². The summed E-state index contributed by atoms with van der Waals surface area (Å²) in [4.78, 5) is 13.9. The molecule has 1 aromatic heterocycles. The van der Waals surface area contributed by atoms with Crippen molar-refractivity contribution < 1.29 is 9.21 Å². The highest BCUT2D eigenvalue weighted by molar-refractivity contribution is 6.33. The van der Waals surface area contributed by atoms with E-state index in [2.05, 4.69) is 5.32 Å². The number of nitrogens with zero attached hydrogens (tertiary/aromatic N) is 1. The fourth-order valence-corrected chi connectivity index (χ4v) is 2.10. The Morgan fingerprint density at radius 2 is 2.10 bits per heavy atom. The minimum Gasteiger partial charge on any atom is -0.455 e. The van der Waals surface area contributed by atoms with E-state index in [0.29, 0.717) is 16.5 Å². The first-order valence-electron chi connectivity index (χ1n) is 6.08. The zero-order valence-corrected chi connectivity index (χ0v) is 12.1. The summed E-state index contributed by atoms with van der Waals surface area (Å²) < 4.78 is 5.28. The molecule has 0 bridgehead atoms. The molecular weight excluding hydrogens is 278 g/mol. The van der Waals surface area contributed by atoms with Crippen molar-refractivity contribution >= 4 is 28.9 Å². The van der Waals surface area contributed by atoms with Gasteiger partial charge in [-0.15, -0.1) is 0 Å². The van der Waals surface area contributed by atoms with Crippen molar-refractivity contribution in [3.63, 3.8) is 0 Å². The Bertz CT molecular complexity index is 623. The van der Waals surface area contributed by atoms with E-state index in [1.807, 2.05) is 25.1 Å². The van der Waals surface area contributed by atoms with Gasteiger partial charge < -0.3 is 20.4 Å². The highest BCUT2D eigenvalue weighted by Gasteiger charge is 2.12. The molecule has 0 aliphatic carbocycles. The second-order valence-corrected chi connectivity index (χ2v) is 4.89. The van der Waals surface area contributed by atoms with Gasteiger partial charge in [0.05, 0.1) is 17.3 Å². The van der Waals surface area contributed by atoms with E-state index < -0.39 is 0 Å². The molecule has 0 atom stereocenters.